The van der Waals surface area contributed by atoms with Crippen LogP contribution in [0, 0.1) is 0 Å². The van der Waals surface area contributed by atoms with E-state index in [1.807, 2.05) is 90.6 Å². The third-order valence-corrected chi connectivity index (χ3v) is 6.67. The summed E-state index contributed by atoms with van der Waals surface area (Å²) in [5, 5.41) is 4.01. The van der Waals surface area contributed by atoms with Crippen LogP contribution < -0.4 is 10.3 Å². The molecule has 7 heteroatoms. The average Bonchev–Trinajstić information content (AvgIpc) is 3.20. The quantitative estimate of drug-likeness (QED) is 0.424. The Morgan fingerprint density at radius 3 is 2.42 bits per heavy atom. The molecule has 33 heavy (non-hydrogen) atoms. The van der Waals surface area contributed by atoms with Crippen molar-refractivity contribution in [1.82, 2.24) is 10.3 Å². The van der Waals surface area contributed by atoms with Gasteiger partial charge in [-0.2, -0.15) is 5.10 Å². The topological polar surface area (TPSA) is 65.0 Å². The van der Waals surface area contributed by atoms with E-state index in [1.165, 1.54) is 0 Å². The highest BCUT2D eigenvalue weighted by Gasteiger charge is 2.32. The van der Waals surface area contributed by atoms with Crippen LogP contribution in [0.3, 0.4) is 0 Å². The van der Waals surface area contributed by atoms with E-state index in [4.69, 9.17) is 0 Å². The molecule has 3 aromatic rings. The van der Waals surface area contributed by atoms with Gasteiger partial charge in [-0.15, -0.1) is 11.8 Å². The smallest absolute Gasteiger partial charge is 0.271 e. The number of anilines is 1. The van der Waals surface area contributed by atoms with Gasteiger partial charge in [-0.05, 0) is 41.0 Å². The first-order valence-corrected chi connectivity index (χ1v) is 11.7. The van der Waals surface area contributed by atoms with Crippen LogP contribution in [0.4, 0.5) is 5.69 Å². The highest BCUT2D eigenvalue weighted by molar-refractivity contribution is 8.00. The highest BCUT2D eigenvalue weighted by Crippen LogP contribution is 2.39. The minimum atomic E-state index is -0.279. The number of rotatable bonds is 7. The van der Waals surface area contributed by atoms with Gasteiger partial charge < -0.3 is 9.80 Å². The summed E-state index contributed by atoms with van der Waals surface area (Å²) >= 11 is 1.61. The second-order valence-electron chi connectivity index (χ2n) is 7.98. The van der Waals surface area contributed by atoms with E-state index in [9.17, 15) is 9.59 Å². The van der Waals surface area contributed by atoms with Crippen LogP contribution in [0.5, 0.6) is 0 Å². The number of carbonyl (C=O) groups is 2. The van der Waals surface area contributed by atoms with E-state index in [-0.39, 0.29) is 17.2 Å². The average molecular weight is 459 g/mol. The van der Waals surface area contributed by atoms with Crippen molar-refractivity contribution in [3.8, 4) is 0 Å². The summed E-state index contributed by atoms with van der Waals surface area (Å²) in [6.45, 7) is 0.573. The van der Waals surface area contributed by atoms with Gasteiger partial charge in [-0.1, -0.05) is 54.6 Å². The number of benzene rings is 3. The first kappa shape index (κ1) is 22.6. The Morgan fingerprint density at radius 1 is 1.06 bits per heavy atom. The molecule has 3 aromatic carbocycles. The van der Waals surface area contributed by atoms with E-state index in [2.05, 4.69) is 10.5 Å². The molecule has 0 aliphatic carbocycles. The number of hydrogen-bond donors (Lipinski definition) is 1. The normalized spacial score (nSPS) is 15.8. The summed E-state index contributed by atoms with van der Waals surface area (Å²) < 4.78 is 0. The van der Waals surface area contributed by atoms with Gasteiger partial charge in [0.15, 0.2) is 0 Å². The maximum Gasteiger partial charge on any atom is 0.271 e. The summed E-state index contributed by atoms with van der Waals surface area (Å²) in [6, 6.07) is 25.2. The first-order chi connectivity index (χ1) is 16.0. The Kier molecular flexibility index (Phi) is 7.10. The fourth-order valence-corrected chi connectivity index (χ4v) is 4.76. The number of nitrogens with zero attached hydrogens (tertiary/aromatic N) is 3. The van der Waals surface area contributed by atoms with Gasteiger partial charge in [-0.25, -0.2) is 5.43 Å². The number of hydrazone groups is 1. The molecule has 2 amide bonds. The minimum absolute atomic E-state index is 0.0574. The third kappa shape index (κ3) is 5.62. The second kappa shape index (κ2) is 10.4. The van der Waals surface area contributed by atoms with Crippen LogP contribution in [-0.4, -0.2) is 42.8 Å². The molecule has 6 nitrogen and oxygen atoms in total. The molecular weight excluding hydrogens is 432 g/mol. The van der Waals surface area contributed by atoms with Crippen LogP contribution in [0.1, 0.15) is 32.4 Å². The molecule has 4 rings (SSSR count). The molecular formula is C26H26N4O2S. The zero-order chi connectivity index (χ0) is 23.2. The number of hydrogen-bond acceptors (Lipinski definition) is 5. The Hall–Kier alpha value is -3.58. The Balaban J connectivity index is 1.38. The maximum atomic E-state index is 12.5. The fraction of sp³-hybridized carbons (Fsp3) is 0.192. The molecule has 1 N–H and O–H groups in total. The molecule has 0 bridgehead atoms. The molecule has 0 aromatic heterocycles. The molecule has 0 saturated carbocycles. The van der Waals surface area contributed by atoms with Crippen LogP contribution in [-0.2, 0) is 11.3 Å². The molecule has 1 aliphatic heterocycles. The van der Waals surface area contributed by atoms with Crippen molar-refractivity contribution >= 4 is 35.5 Å². The van der Waals surface area contributed by atoms with Crippen molar-refractivity contribution in [1.29, 1.82) is 0 Å². The van der Waals surface area contributed by atoms with Gasteiger partial charge in [0.05, 0.1) is 12.0 Å². The van der Waals surface area contributed by atoms with E-state index in [1.54, 1.807) is 30.1 Å². The Bertz CT molecular complexity index is 1130. The van der Waals surface area contributed by atoms with E-state index in [0.717, 1.165) is 22.4 Å². The molecule has 0 spiro atoms. The van der Waals surface area contributed by atoms with E-state index < -0.39 is 0 Å². The molecule has 0 radical (unpaired) electrons. The van der Waals surface area contributed by atoms with Crippen LogP contribution >= 0.6 is 11.8 Å². The van der Waals surface area contributed by atoms with Crippen molar-refractivity contribution in [2.24, 2.45) is 5.10 Å². The first-order valence-electron chi connectivity index (χ1n) is 10.7. The summed E-state index contributed by atoms with van der Waals surface area (Å²) in [7, 11) is 3.97. The zero-order valence-corrected chi connectivity index (χ0v) is 19.5. The second-order valence-corrected chi connectivity index (χ2v) is 9.05. The molecule has 1 aliphatic rings. The standard InChI is InChI=1S/C26H26N4O2S/c1-29(2)23-14-8-19(9-15-23)16-27-28-25(32)21-10-12-22(13-11-21)26-30(24(31)18-33-26)17-20-6-4-3-5-7-20/h3-16,26H,17-18H2,1-2H3,(H,28,32)/b27-16-/t26-/m0/s1. The SMILES string of the molecule is CN(C)c1ccc(/C=N\NC(=O)c2ccc([C@@H]3SCC(=O)N3Cc3ccccc3)cc2)cc1. The molecule has 1 heterocycles. The zero-order valence-electron chi connectivity index (χ0n) is 18.6. The predicted octanol–water partition coefficient (Wildman–Crippen LogP) is 4.29. The summed E-state index contributed by atoms with van der Waals surface area (Å²) in [4.78, 5) is 28.8. The van der Waals surface area contributed by atoms with Crippen LogP contribution in [0.2, 0.25) is 0 Å². The summed E-state index contributed by atoms with van der Waals surface area (Å²) in [6.07, 6.45) is 1.62. The number of amides is 2. The van der Waals surface area contributed by atoms with Gasteiger partial charge in [0.2, 0.25) is 5.91 Å². The lowest BCUT2D eigenvalue weighted by atomic mass is 10.1. The maximum absolute atomic E-state index is 12.5. The number of carbonyl (C=O) groups excluding carboxylic acids is 2. The lowest BCUT2D eigenvalue weighted by Crippen LogP contribution is -2.27. The number of thioether (sulfide) groups is 1. The largest absolute Gasteiger partial charge is 0.378 e. The van der Waals surface area contributed by atoms with Crippen molar-refractivity contribution in [2.75, 3.05) is 24.7 Å². The summed E-state index contributed by atoms with van der Waals surface area (Å²) in [5.74, 6) is 0.312. The van der Waals surface area contributed by atoms with Gasteiger partial charge >= 0.3 is 0 Å². The van der Waals surface area contributed by atoms with Crippen molar-refractivity contribution in [3.05, 3.63) is 101 Å². The van der Waals surface area contributed by atoms with Gasteiger partial charge in [0, 0.05) is 31.9 Å². The van der Waals surface area contributed by atoms with Crippen LogP contribution in [0.15, 0.2) is 84.0 Å². The molecule has 1 saturated heterocycles. The van der Waals surface area contributed by atoms with Crippen molar-refractivity contribution in [3.63, 3.8) is 0 Å². The molecule has 0 unspecified atom stereocenters. The molecule has 168 valence electrons. The summed E-state index contributed by atoms with van der Waals surface area (Å²) in [5.41, 5.74) is 7.19. The van der Waals surface area contributed by atoms with Gasteiger partial charge in [0.25, 0.3) is 5.91 Å². The monoisotopic (exact) mass is 458 g/mol. The fourth-order valence-electron chi connectivity index (χ4n) is 3.57. The molecule has 1 fully saturated rings. The Morgan fingerprint density at radius 2 is 1.76 bits per heavy atom. The molecule has 1 atom stereocenters. The van der Waals surface area contributed by atoms with E-state index in [0.29, 0.717) is 17.9 Å². The predicted molar refractivity (Wildman–Crippen MR) is 134 cm³/mol. The lowest BCUT2D eigenvalue weighted by molar-refractivity contribution is -0.128. The van der Waals surface area contributed by atoms with E-state index >= 15 is 0 Å². The van der Waals surface area contributed by atoms with Gasteiger partial charge in [-0.3, -0.25) is 9.59 Å². The van der Waals surface area contributed by atoms with Crippen molar-refractivity contribution in [2.45, 2.75) is 11.9 Å². The number of nitrogens with one attached hydrogen (secondary N) is 1. The highest BCUT2D eigenvalue weighted by atomic mass is 32.2. The lowest BCUT2D eigenvalue weighted by Gasteiger charge is -2.24. The Labute approximate surface area is 198 Å². The minimum Gasteiger partial charge on any atom is -0.378 e. The van der Waals surface area contributed by atoms with Crippen LogP contribution in [0.25, 0.3) is 0 Å². The third-order valence-electron chi connectivity index (χ3n) is 5.41. The van der Waals surface area contributed by atoms with Crippen molar-refractivity contribution < 1.29 is 9.59 Å². The van der Waals surface area contributed by atoms with Gasteiger partial charge in [0.1, 0.15) is 5.37 Å².